The second kappa shape index (κ2) is 7.54. The summed E-state index contributed by atoms with van der Waals surface area (Å²) in [6.45, 7) is 5.66. The van der Waals surface area contributed by atoms with Crippen LogP contribution in [0.3, 0.4) is 0 Å². The third kappa shape index (κ3) is 4.78. The second-order valence-corrected chi connectivity index (χ2v) is 8.24. The highest BCUT2D eigenvalue weighted by atomic mass is 19.4. The Morgan fingerprint density at radius 3 is 2.28 bits per heavy atom. The fraction of sp³-hybridized carbons (Fsp3) is 0.364. The second-order valence-electron chi connectivity index (χ2n) is 8.24. The van der Waals surface area contributed by atoms with Gasteiger partial charge in [-0.2, -0.15) is 13.2 Å². The summed E-state index contributed by atoms with van der Waals surface area (Å²) in [5, 5.41) is 2.88. The van der Waals surface area contributed by atoms with E-state index in [2.05, 4.69) is 5.32 Å². The van der Waals surface area contributed by atoms with Crippen LogP contribution < -0.4 is 5.32 Å². The number of carbonyl (C=O) groups excluding carboxylic acids is 2. The Labute approximate surface area is 167 Å². The summed E-state index contributed by atoms with van der Waals surface area (Å²) in [6.07, 6.45) is -4.24. The lowest BCUT2D eigenvalue weighted by molar-refractivity contribution is -0.137. The summed E-state index contributed by atoms with van der Waals surface area (Å²) in [6, 6.07) is 11.0. The maximum atomic E-state index is 13.1. The molecule has 1 heterocycles. The van der Waals surface area contributed by atoms with Crippen LogP contribution in [-0.4, -0.2) is 28.3 Å². The van der Waals surface area contributed by atoms with Gasteiger partial charge in [0.1, 0.15) is 6.04 Å². The monoisotopic (exact) mass is 404 g/mol. The van der Waals surface area contributed by atoms with Gasteiger partial charge < -0.3 is 10.2 Å². The molecule has 7 heteroatoms. The van der Waals surface area contributed by atoms with E-state index in [1.807, 2.05) is 45.0 Å². The van der Waals surface area contributed by atoms with Gasteiger partial charge in [-0.25, -0.2) is 0 Å². The number of halogens is 3. The van der Waals surface area contributed by atoms with Crippen molar-refractivity contribution in [3.05, 3.63) is 70.8 Å². The van der Waals surface area contributed by atoms with Crippen LogP contribution in [-0.2, 0) is 23.9 Å². The molecular weight excluding hydrogens is 381 g/mol. The Morgan fingerprint density at radius 2 is 1.66 bits per heavy atom. The normalized spacial score (nSPS) is 16.9. The van der Waals surface area contributed by atoms with Gasteiger partial charge in [0, 0.05) is 24.1 Å². The lowest BCUT2D eigenvalue weighted by Gasteiger charge is -2.37. The Morgan fingerprint density at radius 1 is 1.00 bits per heavy atom. The third-order valence-electron chi connectivity index (χ3n) is 4.75. The third-order valence-corrected chi connectivity index (χ3v) is 4.75. The van der Waals surface area contributed by atoms with E-state index in [0.29, 0.717) is 6.42 Å². The molecule has 1 unspecified atom stereocenters. The van der Waals surface area contributed by atoms with E-state index in [9.17, 15) is 22.8 Å². The van der Waals surface area contributed by atoms with Crippen molar-refractivity contribution in [3.63, 3.8) is 0 Å². The first-order valence-corrected chi connectivity index (χ1v) is 9.33. The van der Waals surface area contributed by atoms with Gasteiger partial charge in [0.15, 0.2) is 0 Å². The van der Waals surface area contributed by atoms with Gasteiger partial charge in [0.25, 0.3) is 5.91 Å². The highest BCUT2D eigenvalue weighted by molar-refractivity contribution is 5.98. The first-order chi connectivity index (χ1) is 13.5. The van der Waals surface area contributed by atoms with E-state index in [1.54, 1.807) is 0 Å². The number of amides is 2. The van der Waals surface area contributed by atoms with Crippen LogP contribution in [0.2, 0.25) is 0 Å². The fourth-order valence-electron chi connectivity index (χ4n) is 3.42. The summed E-state index contributed by atoms with van der Waals surface area (Å²) in [5.41, 5.74) is 0.352. The molecule has 1 N–H and O–H groups in total. The van der Waals surface area contributed by atoms with Crippen molar-refractivity contribution in [1.29, 1.82) is 0 Å². The standard InChI is InChI=1S/C22H23F3N2O2/c1-21(2,3)26-19(28)18-12-14-7-4-5-8-16(14)13-27(18)20(29)15-9-6-10-17(11-15)22(23,24)25/h4-11,18H,12-13H2,1-3H3,(H,26,28). The lowest BCUT2D eigenvalue weighted by Crippen LogP contribution is -2.56. The maximum absolute atomic E-state index is 13.1. The Balaban J connectivity index is 1.97. The summed E-state index contributed by atoms with van der Waals surface area (Å²) < 4.78 is 39.2. The SMILES string of the molecule is CC(C)(C)NC(=O)C1Cc2ccccc2CN1C(=O)c1cccc(C(F)(F)F)c1. The molecule has 0 saturated carbocycles. The highest BCUT2D eigenvalue weighted by Gasteiger charge is 2.37. The topological polar surface area (TPSA) is 49.4 Å². The van der Waals surface area contributed by atoms with Crippen molar-refractivity contribution in [3.8, 4) is 0 Å². The Bertz CT molecular complexity index is 932. The average Bonchev–Trinajstić information content (AvgIpc) is 2.64. The van der Waals surface area contributed by atoms with Gasteiger partial charge in [-0.15, -0.1) is 0 Å². The molecule has 2 aromatic carbocycles. The number of alkyl halides is 3. The molecule has 1 atom stereocenters. The number of benzene rings is 2. The molecule has 2 amide bonds. The van der Waals surface area contributed by atoms with Crippen LogP contribution in [0.25, 0.3) is 0 Å². The van der Waals surface area contributed by atoms with E-state index in [0.717, 1.165) is 23.3 Å². The molecule has 0 bridgehead atoms. The van der Waals surface area contributed by atoms with Crippen molar-refractivity contribution in [1.82, 2.24) is 10.2 Å². The minimum absolute atomic E-state index is 0.0900. The minimum atomic E-state index is -4.55. The average molecular weight is 404 g/mol. The van der Waals surface area contributed by atoms with E-state index in [1.165, 1.54) is 17.0 Å². The van der Waals surface area contributed by atoms with E-state index in [4.69, 9.17) is 0 Å². The van der Waals surface area contributed by atoms with Crippen LogP contribution in [0.1, 0.15) is 47.8 Å². The van der Waals surface area contributed by atoms with Crippen LogP contribution in [0.15, 0.2) is 48.5 Å². The van der Waals surface area contributed by atoms with Gasteiger partial charge in [-0.1, -0.05) is 30.3 Å². The molecule has 2 aromatic rings. The van der Waals surface area contributed by atoms with Gasteiger partial charge >= 0.3 is 6.18 Å². The van der Waals surface area contributed by atoms with Gasteiger partial charge in [0.05, 0.1) is 5.56 Å². The molecule has 0 saturated heterocycles. The fourth-order valence-corrected chi connectivity index (χ4v) is 3.42. The van der Waals surface area contributed by atoms with Crippen molar-refractivity contribution >= 4 is 11.8 Å². The van der Waals surface area contributed by atoms with Gasteiger partial charge in [-0.05, 0) is 50.1 Å². The molecule has 1 aliphatic heterocycles. The molecular formula is C22H23F3N2O2. The largest absolute Gasteiger partial charge is 0.416 e. The quantitative estimate of drug-likeness (QED) is 0.816. The van der Waals surface area contributed by atoms with Gasteiger partial charge in [0.2, 0.25) is 5.91 Å². The molecule has 4 nitrogen and oxygen atoms in total. The van der Waals surface area contributed by atoms with Crippen molar-refractivity contribution in [2.24, 2.45) is 0 Å². The zero-order valence-corrected chi connectivity index (χ0v) is 16.5. The predicted molar refractivity (Wildman–Crippen MR) is 103 cm³/mol. The van der Waals surface area contributed by atoms with Gasteiger partial charge in [-0.3, -0.25) is 9.59 Å². The van der Waals surface area contributed by atoms with Crippen LogP contribution in [0, 0.1) is 0 Å². The number of rotatable bonds is 2. The molecule has 154 valence electrons. The van der Waals surface area contributed by atoms with Crippen LogP contribution in [0.4, 0.5) is 13.2 Å². The molecule has 0 aliphatic carbocycles. The van der Waals surface area contributed by atoms with Crippen molar-refractivity contribution < 1.29 is 22.8 Å². The maximum Gasteiger partial charge on any atom is 0.416 e. The summed E-state index contributed by atoms with van der Waals surface area (Å²) in [7, 11) is 0. The molecule has 1 aliphatic rings. The number of nitrogens with zero attached hydrogens (tertiary/aromatic N) is 1. The first-order valence-electron chi connectivity index (χ1n) is 9.33. The lowest BCUT2D eigenvalue weighted by atomic mass is 9.92. The van der Waals surface area contributed by atoms with Crippen molar-refractivity contribution in [2.75, 3.05) is 0 Å². The Kier molecular flexibility index (Phi) is 5.43. The number of nitrogens with one attached hydrogen (secondary N) is 1. The zero-order chi connectivity index (χ0) is 21.4. The Hall–Kier alpha value is -2.83. The smallest absolute Gasteiger partial charge is 0.350 e. The number of hydrogen-bond donors (Lipinski definition) is 1. The number of fused-ring (bicyclic) bond motifs is 1. The summed E-state index contributed by atoms with van der Waals surface area (Å²) >= 11 is 0. The minimum Gasteiger partial charge on any atom is -0.350 e. The number of carbonyl (C=O) groups is 2. The zero-order valence-electron chi connectivity index (χ0n) is 16.5. The van der Waals surface area contributed by atoms with Crippen LogP contribution in [0.5, 0.6) is 0 Å². The van der Waals surface area contributed by atoms with E-state index >= 15 is 0 Å². The molecule has 3 rings (SSSR count). The number of hydrogen-bond acceptors (Lipinski definition) is 2. The molecule has 29 heavy (non-hydrogen) atoms. The van der Waals surface area contributed by atoms with Crippen LogP contribution >= 0.6 is 0 Å². The van der Waals surface area contributed by atoms with Crippen molar-refractivity contribution in [2.45, 2.75) is 51.5 Å². The highest BCUT2D eigenvalue weighted by Crippen LogP contribution is 2.31. The molecule has 0 spiro atoms. The molecule has 0 aromatic heterocycles. The first kappa shape index (κ1) is 20.9. The summed E-state index contributed by atoms with van der Waals surface area (Å²) in [4.78, 5) is 27.4. The summed E-state index contributed by atoms with van der Waals surface area (Å²) in [5.74, 6) is -0.924. The predicted octanol–water partition coefficient (Wildman–Crippen LogP) is 4.19. The molecule has 0 fully saturated rings. The van der Waals surface area contributed by atoms with E-state index < -0.39 is 29.2 Å². The molecule has 0 radical (unpaired) electrons. The van der Waals surface area contributed by atoms with E-state index in [-0.39, 0.29) is 18.0 Å².